The molecule has 3 heterocycles. The van der Waals surface area contributed by atoms with Crippen LogP contribution in [0, 0.1) is 11.7 Å². The minimum absolute atomic E-state index is 0.0823. The van der Waals surface area contributed by atoms with Gasteiger partial charge in [0.25, 0.3) is 5.56 Å². The molecule has 6 heteroatoms. The molecule has 1 aromatic carbocycles. The van der Waals surface area contributed by atoms with Gasteiger partial charge in [-0.1, -0.05) is 6.07 Å². The van der Waals surface area contributed by atoms with E-state index >= 15 is 0 Å². The van der Waals surface area contributed by atoms with Crippen LogP contribution in [0.5, 0.6) is 0 Å². The molecule has 5 nitrogen and oxygen atoms in total. The van der Waals surface area contributed by atoms with Gasteiger partial charge in [-0.15, -0.1) is 0 Å². The monoisotopic (exact) mass is 356 g/mol. The van der Waals surface area contributed by atoms with Crippen molar-refractivity contribution in [2.45, 2.75) is 18.9 Å². The highest BCUT2D eigenvalue weighted by atomic mass is 19.1. The van der Waals surface area contributed by atoms with E-state index in [1.807, 2.05) is 16.7 Å². The first-order valence-corrected chi connectivity index (χ1v) is 8.95. The van der Waals surface area contributed by atoms with Crippen molar-refractivity contribution in [3.8, 4) is 0 Å². The van der Waals surface area contributed by atoms with Crippen LogP contribution in [0.1, 0.15) is 28.4 Å². The molecule has 2 atom stereocenters. The Morgan fingerprint density at radius 3 is 2.73 bits per heavy atom. The molecule has 2 aliphatic heterocycles. The molecule has 0 unspecified atom stereocenters. The van der Waals surface area contributed by atoms with Gasteiger partial charge in [0, 0.05) is 43.9 Å². The summed E-state index contributed by atoms with van der Waals surface area (Å²) in [7, 11) is 0. The lowest BCUT2D eigenvalue weighted by molar-refractivity contribution is 0.0403. The molecule has 1 aromatic heterocycles. The summed E-state index contributed by atoms with van der Waals surface area (Å²) in [4.78, 5) is 26.3. The predicted octanol–water partition coefficient (Wildman–Crippen LogP) is 2.26. The molecule has 0 spiro atoms. The first kappa shape index (κ1) is 17.0. The number of hydrogen-bond acceptors (Lipinski definition) is 4. The molecule has 1 fully saturated rings. The second-order valence-electron chi connectivity index (χ2n) is 7.10. The van der Waals surface area contributed by atoms with E-state index in [9.17, 15) is 14.0 Å². The third kappa shape index (κ3) is 3.42. The van der Waals surface area contributed by atoms with Crippen molar-refractivity contribution < 1.29 is 13.9 Å². The van der Waals surface area contributed by atoms with Gasteiger partial charge in [0.1, 0.15) is 12.4 Å². The highest BCUT2D eigenvalue weighted by Gasteiger charge is 2.34. The second-order valence-corrected chi connectivity index (χ2v) is 7.10. The van der Waals surface area contributed by atoms with Crippen molar-refractivity contribution in [3.05, 3.63) is 69.9 Å². The summed E-state index contributed by atoms with van der Waals surface area (Å²) in [6.45, 7) is 3.51. The number of fused-ring (bicyclic) bond motifs is 4. The lowest BCUT2D eigenvalue weighted by Crippen LogP contribution is -2.47. The number of halogens is 1. The number of esters is 1. The van der Waals surface area contributed by atoms with Crippen LogP contribution in [0.25, 0.3) is 0 Å². The van der Waals surface area contributed by atoms with E-state index in [0.717, 1.165) is 31.7 Å². The summed E-state index contributed by atoms with van der Waals surface area (Å²) in [5.41, 5.74) is 1.55. The van der Waals surface area contributed by atoms with E-state index in [1.54, 1.807) is 6.07 Å². The molecule has 2 bridgehead atoms. The topological polar surface area (TPSA) is 51.5 Å². The van der Waals surface area contributed by atoms with Crippen LogP contribution in [-0.2, 0) is 11.3 Å². The van der Waals surface area contributed by atoms with Gasteiger partial charge in [0.15, 0.2) is 0 Å². The van der Waals surface area contributed by atoms with Gasteiger partial charge in [0.05, 0.1) is 5.56 Å². The number of carbonyl (C=O) groups excluding carboxylic acids is 1. The number of piperidine rings is 1. The Hall–Kier alpha value is -2.47. The first-order valence-electron chi connectivity index (χ1n) is 8.95. The van der Waals surface area contributed by atoms with E-state index in [0.29, 0.717) is 30.6 Å². The maximum atomic E-state index is 12.9. The molecule has 0 saturated carbocycles. The largest absolute Gasteiger partial charge is 0.461 e. The molecule has 2 aromatic rings. The number of likely N-dealkylation sites (tertiary alicyclic amines) is 1. The third-order valence-corrected chi connectivity index (χ3v) is 5.28. The number of carbonyl (C=O) groups is 1. The van der Waals surface area contributed by atoms with Crippen LogP contribution < -0.4 is 5.56 Å². The van der Waals surface area contributed by atoms with E-state index in [4.69, 9.17) is 4.74 Å². The molecule has 0 aliphatic carbocycles. The Bertz CT molecular complexity index is 862. The number of pyridine rings is 1. The molecule has 2 aliphatic rings. The zero-order valence-corrected chi connectivity index (χ0v) is 14.4. The van der Waals surface area contributed by atoms with Crippen LogP contribution >= 0.6 is 0 Å². The Balaban J connectivity index is 1.34. The summed E-state index contributed by atoms with van der Waals surface area (Å²) < 4.78 is 20.1. The third-order valence-electron chi connectivity index (χ3n) is 5.28. The maximum Gasteiger partial charge on any atom is 0.338 e. The molecule has 4 rings (SSSR count). The number of benzene rings is 1. The van der Waals surface area contributed by atoms with Crippen LogP contribution in [0.2, 0.25) is 0 Å². The smallest absolute Gasteiger partial charge is 0.338 e. The van der Waals surface area contributed by atoms with Gasteiger partial charge >= 0.3 is 5.97 Å². The van der Waals surface area contributed by atoms with Crippen molar-refractivity contribution in [2.24, 2.45) is 5.92 Å². The summed E-state index contributed by atoms with van der Waals surface area (Å²) in [6, 6.07) is 10.9. The second kappa shape index (κ2) is 7.03. The minimum Gasteiger partial charge on any atom is -0.461 e. The number of hydrogen-bond donors (Lipinski definition) is 0. The number of nitrogens with zero attached hydrogens (tertiary/aromatic N) is 2. The van der Waals surface area contributed by atoms with Crippen molar-refractivity contribution in [1.29, 1.82) is 0 Å². The van der Waals surface area contributed by atoms with E-state index in [1.165, 1.54) is 24.3 Å². The number of ether oxygens (including phenoxy) is 1. The van der Waals surface area contributed by atoms with Crippen molar-refractivity contribution in [2.75, 3.05) is 26.2 Å². The van der Waals surface area contributed by atoms with Crippen LogP contribution in [-0.4, -0.2) is 41.7 Å². The molecular weight excluding hydrogens is 335 g/mol. The summed E-state index contributed by atoms with van der Waals surface area (Å²) in [5, 5.41) is 0. The standard InChI is InChI=1S/C20H21FN2O3/c21-17-6-4-15(5-7-17)20(25)26-9-8-22-11-14-10-16(13-22)18-2-1-3-19(24)23(18)12-14/h1-7,14,16H,8-13H2/t14-,16+/m0/s1. The molecule has 0 N–H and O–H groups in total. The normalized spacial score (nSPS) is 21.9. The molecule has 1 saturated heterocycles. The fraction of sp³-hybridized carbons (Fsp3) is 0.400. The Kier molecular flexibility index (Phi) is 4.59. The van der Waals surface area contributed by atoms with E-state index < -0.39 is 5.97 Å². The Morgan fingerprint density at radius 1 is 1.12 bits per heavy atom. The average Bonchev–Trinajstić information content (AvgIpc) is 2.63. The van der Waals surface area contributed by atoms with Gasteiger partial charge in [-0.3, -0.25) is 9.69 Å². The van der Waals surface area contributed by atoms with Gasteiger partial charge in [0.2, 0.25) is 0 Å². The van der Waals surface area contributed by atoms with Gasteiger partial charge in [-0.25, -0.2) is 9.18 Å². The van der Waals surface area contributed by atoms with Crippen molar-refractivity contribution in [3.63, 3.8) is 0 Å². The average molecular weight is 356 g/mol. The SMILES string of the molecule is O=C(OCCN1C[C@@H]2C[C@H](C1)c1cccc(=O)n1C2)c1ccc(F)cc1. The maximum absolute atomic E-state index is 12.9. The minimum atomic E-state index is -0.431. The van der Waals surface area contributed by atoms with Crippen molar-refractivity contribution >= 4 is 5.97 Å². The lowest BCUT2D eigenvalue weighted by Gasteiger charge is -2.42. The van der Waals surface area contributed by atoms with Gasteiger partial charge < -0.3 is 9.30 Å². The number of aromatic nitrogens is 1. The quantitative estimate of drug-likeness (QED) is 0.789. The fourth-order valence-electron chi connectivity index (χ4n) is 4.11. The lowest BCUT2D eigenvalue weighted by atomic mass is 9.83. The van der Waals surface area contributed by atoms with E-state index in [-0.39, 0.29) is 11.4 Å². The fourth-order valence-corrected chi connectivity index (χ4v) is 4.11. The molecule has 26 heavy (non-hydrogen) atoms. The highest BCUT2D eigenvalue weighted by molar-refractivity contribution is 5.89. The molecular formula is C20H21FN2O3. The Morgan fingerprint density at radius 2 is 1.92 bits per heavy atom. The van der Waals surface area contributed by atoms with Crippen molar-refractivity contribution in [1.82, 2.24) is 9.47 Å². The van der Waals surface area contributed by atoms with Crippen LogP contribution in [0.15, 0.2) is 47.3 Å². The Labute approximate surface area is 151 Å². The number of rotatable bonds is 4. The van der Waals surface area contributed by atoms with E-state index in [2.05, 4.69) is 4.90 Å². The summed E-state index contributed by atoms with van der Waals surface area (Å²) in [5.74, 6) is -0.00162. The van der Waals surface area contributed by atoms with Crippen LogP contribution in [0.3, 0.4) is 0 Å². The first-order chi connectivity index (χ1) is 12.6. The predicted molar refractivity (Wildman–Crippen MR) is 94.7 cm³/mol. The van der Waals surface area contributed by atoms with Gasteiger partial charge in [-0.2, -0.15) is 0 Å². The van der Waals surface area contributed by atoms with Gasteiger partial charge in [-0.05, 0) is 42.7 Å². The zero-order valence-electron chi connectivity index (χ0n) is 14.4. The molecule has 0 radical (unpaired) electrons. The summed E-state index contributed by atoms with van der Waals surface area (Å²) >= 11 is 0. The highest BCUT2D eigenvalue weighted by Crippen LogP contribution is 2.34. The molecule has 136 valence electrons. The molecule has 0 amide bonds. The van der Waals surface area contributed by atoms with Crippen LogP contribution in [0.4, 0.5) is 4.39 Å². The summed E-state index contributed by atoms with van der Waals surface area (Å²) in [6.07, 6.45) is 1.11. The zero-order chi connectivity index (χ0) is 18.1.